The van der Waals surface area contributed by atoms with Gasteiger partial charge in [0.2, 0.25) is 27.7 Å². The Morgan fingerprint density at radius 2 is 1.71 bits per heavy atom. The van der Waals surface area contributed by atoms with Gasteiger partial charge in [0.15, 0.2) is 0 Å². The SMILES string of the molecule is O=C(CN1C(=O)[C@H]2CC=CC[C@@H]2C1=O)Nc1cc(S(=O)(=O)N2CCOCC2)ccc1Cl. The third-order valence-electron chi connectivity index (χ3n) is 5.72. The highest BCUT2D eigenvalue weighted by atomic mass is 35.5. The summed E-state index contributed by atoms with van der Waals surface area (Å²) in [7, 11) is -3.77. The predicted octanol–water partition coefficient (Wildman–Crippen LogP) is 1.25. The molecule has 1 N–H and O–H groups in total. The smallest absolute Gasteiger partial charge is 0.244 e. The first-order valence-electron chi connectivity index (χ1n) is 9.96. The first-order chi connectivity index (χ1) is 14.8. The molecule has 9 nitrogen and oxygen atoms in total. The van der Waals surface area contributed by atoms with Crippen molar-refractivity contribution in [2.45, 2.75) is 17.7 Å². The predicted molar refractivity (Wildman–Crippen MR) is 112 cm³/mol. The van der Waals surface area contributed by atoms with Crippen LogP contribution in [-0.4, -0.2) is 68.2 Å². The van der Waals surface area contributed by atoms with Gasteiger partial charge in [-0.2, -0.15) is 4.31 Å². The molecule has 2 fully saturated rings. The van der Waals surface area contributed by atoms with Gasteiger partial charge in [-0.1, -0.05) is 23.8 Å². The molecule has 1 aliphatic carbocycles. The van der Waals surface area contributed by atoms with Crippen LogP contribution in [0.3, 0.4) is 0 Å². The zero-order valence-corrected chi connectivity index (χ0v) is 18.2. The van der Waals surface area contributed by atoms with Crippen LogP contribution in [0.2, 0.25) is 5.02 Å². The number of sulfonamides is 1. The fraction of sp³-hybridized carbons (Fsp3) is 0.450. The van der Waals surface area contributed by atoms with Crippen molar-refractivity contribution in [1.29, 1.82) is 0 Å². The monoisotopic (exact) mass is 467 g/mol. The number of halogens is 1. The van der Waals surface area contributed by atoms with E-state index in [9.17, 15) is 22.8 Å². The third kappa shape index (κ3) is 4.25. The number of allylic oxidation sites excluding steroid dienone is 2. The molecule has 1 aromatic rings. The number of likely N-dealkylation sites (tertiary alicyclic amines) is 1. The van der Waals surface area contributed by atoms with Gasteiger partial charge in [-0.3, -0.25) is 19.3 Å². The summed E-state index contributed by atoms with van der Waals surface area (Å²) in [5.41, 5.74) is 0.0965. The standard InChI is InChI=1S/C20H22ClN3O6S/c21-16-6-5-13(31(28,29)23-7-9-30-10-8-23)11-17(16)22-18(25)12-24-19(26)14-3-1-2-4-15(14)20(24)27/h1-2,5-6,11,14-15H,3-4,7-10,12H2,(H,22,25)/t14-,15-/m0/s1. The van der Waals surface area contributed by atoms with Gasteiger partial charge in [-0.25, -0.2) is 8.42 Å². The number of ether oxygens (including phenoxy) is 1. The van der Waals surface area contributed by atoms with E-state index in [-0.39, 0.29) is 40.5 Å². The highest BCUT2D eigenvalue weighted by Crippen LogP contribution is 2.35. The Labute approximate surface area is 185 Å². The second kappa shape index (κ2) is 8.70. The fourth-order valence-corrected chi connectivity index (χ4v) is 5.65. The number of hydrogen-bond donors (Lipinski definition) is 1. The molecule has 0 radical (unpaired) electrons. The van der Waals surface area contributed by atoms with Crippen molar-refractivity contribution in [3.63, 3.8) is 0 Å². The molecular formula is C20H22ClN3O6S. The van der Waals surface area contributed by atoms with Crippen molar-refractivity contribution >= 4 is 45.0 Å². The molecule has 0 saturated carbocycles. The number of anilines is 1. The van der Waals surface area contributed by atoms with Crippen LogP contribution in [0.25, 0.3) is 0 Å². The lowest BCUT2D eigenvalue weighted by Gasteiger charge is -2.26. The Balaban J connectivity index is 1.48. The van der Waals surface area contributed by atoms with Gasteiger partial charge in [0.1, 0.15) is 6.54 Å². The highest BCUT2D eigenvalue weighted by molar-refractivity contribution is 7.89. The van der Waals surface area contributed by atoms with Crippen molar-refractivity contribution < 1.29 is 27.5 Å². The molecule has 0 aromatic heterocycles. The van der Waals surface area contributed by atoms with Gasteiger partial charge in [-0.05, 0) is 31.0 Å². The topological polar surface area (TPSA) is 113 Å². The lowest BCUT2D eigenvalue weighted by atomic mass is 9.85. The van der Waals surface area contributed by atoms with Crippen molar-refractivity contribution in [3.8, 4) is 0 Å². The van der Waals surface area contributed by atoms with Gasteiger partial charge >= 0.3 is 0 Å². The zero-order valence-electron chi connectivity index (χ0n) is 16.6. The summed E-state index contributed by atoms with van der Waals surface area (Å²) in [4.78, 5) is 38.6. The molecule has 166 valence electrons. The molecule has 2 heterocycles. The first-order valence-corrected chi connectivity index (χ1v) is 11.8. The van der Waals surface area contributed by atoms with E-state index in [0.717, 1.165) is 4.90 Å². The molecule has 11 heteroatoms. The number of carbonyl (C=O) groups is 3. The van der Waals surface area contributed by atoms with E-state index in [0.29, 0.717) is 26.1 Å². The van der Waals surface area contributed by atoms with E-state index < -0.39 is 34.3 Å². The number of benzene rings is 1. The number of hydrogen-bond acceptors (Lipinski definition) is 6. The Kier molecular flexibility index (Phi) is 6.16. The summed E-state index contributed by atoms with van der Waals surface area (Å²) in [6.45, 7) is 0.658. The largest absolute Gasteiger partial charge is 0.379 e. The van der Waals surface area contributed by atoms with Crippen LogP contribution < -0.4 is 5.32 Å². The lowest BCUT2D eigenvalue weighted by Crippen LogP contribution is -2.40. The molecular weight excluding hydrogens is 446 g/mol. The van der Waals surface area contributed by atoms with Gasteiger partial charge in [0.05, 0.1) is 40.7 Å². The van der Waals surface area contributed by atoms with E-state index in [1.54, 1.807) is 0 Å². The van der Waals surface area contributed by atoms with Crippen molar-refractivity contribution in [2.24, 2.45) is 11.8 Å². The fourth-order valence-electron chi connectivity index (χ4n) is 4.05. The molecule has 0 unspecified atom stereocenters. The van der Waals surface area contributed by atoms with Crippen molar-refractivity contribution in [2.75, 3.05) is 38.2 Å². The number of morpholine rings is 1. The Bertz CT molecular complexity index is 1020. The van der Waals surface area contributed by atoms with Crippen molar-refractivity contribution in [3.05, 3.63) is 35.4 Å². The second-order valence-electron chi connectivity index (χ2n) is 7.62. The number of nitrogens with one attached hydrogen (secondary N) is 1. The minimum absolute atomic E-state index is 0.0143. The van der Waals surface area contributed by atoms with E-state index in [4.69, 9.17) is 16.3 Å². The number of rotatable bonds is 5. The molecule has 31 heavy (non-hydrogen) atoms. The van der Waals surface area contributed by atoms with Crippen LogP contribution in [0.15, 0.2) is 35.2 Å². The van der Waals surface area contributed by atoms with Crippen LogP contribution in [0, 0.1) is 11.8 Å². The van der Waals surface area contributed by atoms with Gasteiger partial charge < -0.3 is 10.1 Å². The Morgan fingerprint density at radius 1 is 1.10 bits per heavy atom. The second-order valence-corrected chi connectivity index (χ2v) is 9.97. The van der Waals surface area contributed by atoms with E-state index in [2.05, 4.69) is 5.32 Å². The molecule has 3 amide bonds. The zero-order chi connectivity index (χ0) is 22.2. The van der Waals surface area contributed by atoms with Gasteiger partial charge in [-0.15, -0.1) is 0 Å². The maximum atomic E-state index is 12.9. The van der Waals surface area contributed by atoms with Crippen LogP contribution in [-0.2, 0) is 29.1 Å². The van der Waals surface area contributed by atoms with E-state index >= 15 is 0 Å². The maximum Gasteiger partial charge on any atom is 0.244 e. The normalized spacial score (nSPS) is 24.4. The summed E-state index contributed by atoms with van der Waals surface area (Å²) < 4.78 is 32.2. The average molecular weight is 468 g/mol. The molecule has 2 saturated heterocycles. The van der Waals surface area contributed by atoms with Crippen molar-refractivity contribution in [1.82, 2.24) is 9.21 Å². The molecule has 4 rings (SSSR count). The number of nitrogens with zero attached hydrogens (tertiary/aromatic N) is 2. The van der Waals surface area contributed by atoms with E-state index in [1.165, 1.54) is 22.5 Å². The number of amides is 3. The summed E-state index contributed by atoms with van der Waals surface area (Å²) >= 11 is 6.15. The molecule has 2 aliphatic heterocycles. The number of imide groups is 1. The number of fused-ring (bicyclic) bond motifs is 1. The summed E-state index contributed by atoms with van der Waals surface area (Å²) in [6.07, 6.45) is 4.72. The highest BCUT2D eigenvalue weighted by Gasteiger charge is 2.47. The molecule has 0 bridgehead atoms. The molecule has 3 aliphatic rings. The first kappa shape index (κ1) is 21.9. The summed E-state index contributed by atoms with van der Waals surface area (Å²) in [6, 6.07) is 4.03. The average Bonchev–Trinajstić information content (AvgIpc) is 3.01. The van der Waals surface area contributed by atoms with Crippen LogP contribution >= 0.6 is 11.6 Å². The van der Waals surface area contributed by atoms with Crippen LogP contribution in [0.4, 0.5) is 5.69 Å². The quantitative estimate of drug-likeness (QED) is 0.515. The minimum Gasteiger partial charge on any atom is -0.379 e. The Hall–Kier alpha value is -2.27. The molecule has 0 spiro atoms. The lowest BCUT2D eigenvalue weighted by molar-refractivity contribution is -0.142. The third-order valence-corrected chi connectivity index (χ3v) is 7.94. The minimum atomic E-state index is -3.77. The molecule has 1 aromatic carbocycles. The van der Waals surface area contributed by atoms with Crippen LogP contribution in [0.5, 0.6) is 0 Å². The summed E-state index contributed by atoms with van der Waals surface area (Å²) in [5, 5.41) is 2.68. The van der Waals surface area contributed by atoms with Gasteiger partial charge in [0, 0.05) is 13.1 Å². The van der Waals surface area contributed by atoms with E-state index in [1.807, 2.05) is 12.2 Å². The number of carbonyl (C=O) groups excluding carboxylic acids is 3. The summed E-state index contributed by atoms with van der Waals surface area (Å²) in [5.74, 6) is -2.18. The van der Waals surface area contributed by atoms with Gasteiger partial charge in [0.25, 0.3) is 0 Å². The Morgan fingerprint density at radius 3 is 2.32 bits per heavy atom. The molecule has 2 atom stereocenters. The maximum absolute atomic E-state index is 12.9. The van der Waals surface area contributed by atoms with Crippen LogP contribution in [0.1, 0.15) is 12.8 Å².